The van der Waals surface area contributed by atoms with Crippen LogP contribution in [-0.2, 0) is 19.6 Å². The first-order chi connectivity index (χ1) is 14.7. The molecule has 0 amide bonds. The smallest absolute Gasteiger partial charge is 0.0949 e. The molecule has 0 saturated carbocycles. The van der Waals surface area contributed by atoms with Crippen LogP contribution in [0.3, 0.4) is 0 Å². The topological polar surface area (TPSA) is 41.9 Å². The summed E-state index contributed by atoms with van der Waals surface area (Å²) in [6.07, 6.45) is 1.80. The number of rotatable bonds is 6. The zero-order valence-electron chi connectivity index (χ0n) is 17.4. The maximum Gasteiger partial charge on any atom is 0.0949 e. The molecule has 0 radical (unpaired) electrons. The fraction of sp³-hybridized carbons (Fsp3) is 0.192. The largest absolute Gasteiger partial charge is 0.334 e. The summed E-state index contributed by atoms with van der Waals surface area (Å²) >= 11 is 0. The summed E-state index contributed by atoms with van der Waals surface area (Å²) in [5, 5.41) is 7.95. The van der Waals surface area contributed by atoms with Gasteiger partial charge in [-0.3, -0.25) is 4.98 Å². The Labute approximate surface area is 178 Å². The van der Waals surface area contributed by atoms with E-state index in [2.05, 4.69) is 87.6 Å². The summed E-state index contributed by atoms with van der Waals surface area (Å²) in [5.74, 6) is 3.28. The SMILES string of the molecule is CCn1c(C#CNc2ccc(C)nc2)cc2c(CNCc3ccccc3)cccc21. The lowest BCUT2D eigenvalue weighted by Crippen LogP contribution is -2.12. The Kier molecular flexibility index (Phi) is 6.12. The summed E-state index contributed by atoms with van der Waals surface area (Å²) < 4.78 is 2.26. The number of aromatic nitrogens is 2. The standard InChI is InChI=1S/C26H26N4/c1-3-30-24(14-15-28-23-13-12-20(2)29-19-23)16-25-22(10-7-11-26(25)30)18-27-17-21-8-5-4-6-9-21/h4-13,16,19,27-28H,3,17-18H2,1-2H3. The number of nitrogens with zero attached hydrogens (tertiary/aromatic N) is 2. The Morgan fingerprint density at radius 3 is 2.60 bits per heavy atom. The average Bonchev–Trinajstić information content (AvgIpc) is 3.14. The fourth-order valence-corrected chi connectivity index (χ4v) is 3.59. The van der Waals surface area contributed by atoms with Crippen molar-refractivity contribution in [2.45, 2.75) is 33.5 Å². The van der Waals surface area contributed by atoms with E-state index in [4.69, 9.17) is 0 Å². The number of fused-ring (bicyclic) bond motifs is 1. The lowest BCUT2D eigenvalue weighted by molar-refractivity contribution is 0.696. The van der Waals surface area contributed by atoms with E-state index in [1.165, 1.54) is 22.0 Å². The highest BCUT2D eigenvalue weighted by Gasteiger charge is 2.09. The molecule has 2 N–H and O–H groups in total. The van der Waals surface area contributed by atoms with E-state index in [9.17, 15) is 0 Å². The van der Waals surface area contributed by atoms with Crippen LogP contribution in [0.2, 0.25) is 0 Å². The molecule has 150 valence electrons. The van der Waals surface area contributed by atoms with Crippen molar-refractivity contribution in [1.29, 1.82) is 0 Å². The van der Waals surface area contributed by atoms with Crippen LogP contribution < -0.4 is 10.6 Å². The maximum absolute atomic E-state index is 4.29. The van der Waals surface area contributed by atoms with Gasteiger partial charge in [-0.05, 0) is 55.2 Å². The number of benzene rings is 2. The third-order valence-electron chi connectivity index (χ3n) is 5.15. The molecule has 4 aromatic rings. The molecule has 2 aromatic carbocycles. The first-order valence-corrected chi connectivity index (χ1v) is 10.3. The third kappa shape index (κ3) is 4.53. The number of hydrogen-bond acceptors (Lipinski definition) is 3. The summed E-state index contributed by atoms with van der Waals surface area (Å²) in [6, 6.07) is 26.2. The Morgan fingerprint density at radius 2 is 1.83 bits per heavy atom. The van der Waals surface area contributed by atoms with Crippen molar-refractivity contribution in [3.63, 3.8) is 0 Å². The number of anilines is 1. The molecule has 0 unspecified atom stereocenters. The van der Waals surface area contributed by atoms with Gasteiger partial charge in [0.05, 0.1) is 17.6 Å². The molecule has 30 heavy (non-hydrogen) atoms. The van der Waals surface area contributed by atoms with E-state index in [1.807, 2.05) is 25.1 Å². The second-order valence-corrected chi connectivity index (χ2v) is 7.28. The summed E-state index contributed by atoms with van der Waals surface area (Å²) in [4.78, 5) is 4.29. The Balaban J connectivity index is 1.53. The van der Waals surface area contributed by atoms with E-state index in [0.29, 0.717) is 0 Å². The van der Waals surface area contributed by atoms with E-state index in [0.717, 1.165) is 36.7 Å². The van der Waals surface area contributed by atoms with E-state index >= 15 is 0 Å². The maximum atomic E-state index is 4.29. The number of aryl methyl sites for hydroxylation is 2. The lowest BCUT2D eigenvalue weighted by Gasteiger charge is -2.08. The average molecular weight is 395 g/mol. The highest BCUT2D eigenvalue weighted by Crippen LogP contribution is 2.23. The van der Waals surface area contributed by atoms with Gasteiger partial charge in [0.2, 0.25) is 0 Å². The minimum atomic E-state index is 0.820. The Hall–Kier alpha value is -3.55. The lowest BCUT2D eigenvalue weighted by atomic mass is 10.1. The van der Waals surface area contributed by atoms with Crippen molar-refractivity contribution in [3.05, 3.63) is 95.4 Å². The number of nitrogens with one attached hydrogen (secondary N) is 2. The van der Waals surface area contributed by atoms with Gasteiger partial charge < -0.3 is 15.2 Å². The van der Waals surface area contributed by atoms with Gasteiger partial charge in [0.15, 0.2) is 0 Å². The molecule has 0 atom stereocenters. The molecular formula is C26H26N4. The van der Waals surface area contributed by atoms with Crippen LogP contribution in [0.1, 0.15) is 29.4 Å². The molecule has 0 bridgehead atoms. The zero-order valence-corrected chi connectivity index (χ0v) is 17.4. The highest BCUT2D eigenvalue weighted by atomic mass is 15.0. The Bertz CT molecular complexity index is 1180. The van der Waals surface area contributed by atoms with Gasteiger partial charge >= 0.3 is 0 Å². The first kappa shape index (κ1) is 19.8. The fourth-order valence-electron chi connectivity index (χ4n) is 3.59. The molecule has 0 aliphatic carbocycles. The molecule has 0 aliphatic heterocycles. The number of pyridine rings is 1. The predicted octanol–water partition coefficient (Wildman–Crippen LogP) is 5.08. The van der Waals surface area contributed by atoms with Crippen LogP contribution in [0, 0.1) is 18.9 Å². The van der Waals surface area contributed by atoms with Crippen molar-refractivity contribution in [1.82, 2.24) is 14.9 Å². The molecule has 0 saturated heterocycles. The minimum Gasteiger partial charge on any atom is -0.334 e. The van der Waals surface area contributed by atoms with Crippen molar-refractivity contribution >= 4 is 16.6 Å². The quantitative estimate of drug-likeness (QED) is 0.354. The molecule has 4 heteroatoms. The van der Waals surface area contributed by atoms with Crippen LogP contribution in [0.5, 0.6) is 0 Å². The van der Waals surface area contributed by atoms with Crippen molar-refractivity contribution in [2.75, 3.05) is 5.32 Å². The van der Waals surface area contributed by atoms with Crippen molar-refractivity contribution in [3.8, 4) is 12.0 Å². The molecule has 2 heterocycles. The molecule has 0 aliphatic rings. The van der Waals surface area contributed by atoms with Gasteiger partial charge in [0, 0.05) is 42.3 Å². The van der Waals surface area contributed by atoms with Crippen LogP contribution in [-0.4, -0.2) is 9.55 Å². The van der Waals surface area contributed by atoms with E-state index in [1.54, 1.807) is 6.20 Å². The molecule has 0 spiro atoms. The minimum absolute atomic E-state index is 0.820. The van der Waals surface area contributed by atoms with Gasteiger partial charge in [-0.15, -0.1) is 0 Å². The summed E-state index contributed by atoms with van der Waals surface area (Å²) in [5.41, 5.74) is 6.70. The summed E-state index contributed by atoms with van der Waals surface area (Å²) in [6.45, 7) is 6.68. The van der Waals surface area contributed by atoms with Crippen LogP contribution in [0.25, 0.3) is 10.9 Å². The van der Waals surface area contributed by atoms with Gasteiger partial charge in [-0.2, -0.15) is 0 Å². The van der Waals surface area contributed by atoms with Gasteiger partial charge in [0.1, 0.15) is 0 Å². The van der Waals surface area contributed by atoms with Crippen LogP contribution in [0.4, 0.5) is 5.69 Å². The second kappa shape index (κ2) is 9.30. The number of hydrogen-bond donors (Lipinski definition) is 2. The molecular weight excluding hydrogens is 368 g/mol. The Morgan fingerprint density at radius 1 is 0.967 bits per heavy atom. The molecule has 4 nitrogen and oxygen atoms in total. The zero-order chi connectivity index (χ0) is 20.8. The molecule has 4 rings (SSSR count). The normalized spacial score (nSPS) is 10.6. The van der Waals surface area contributed by atoms with Crippen molar-refractivity contribution < 1.29 is 0 Å². The molecule has 0 fully saturated rings. The van der Waals surface area contributed by atoms with Crippen LogP contribution >= 0.6 is 0 Å². The molecule has 2 aromatic heterocycles. The predicted molar refractivity (Wildman–Crippen MR) is 124 cm³/mol. The monoisotopic (exact) mass is 394 g/mol. The van der Waals surface area contributed by atoms with E-state index in [-0.39, 0.29) is 0 Å². The van der Waals surface area contributed by atoms with Crippen LogP contribution in [0.15, 0.2) is 72.9 Å². The van der Waals surface area contributed by atoms with E-state index < -0.39 is 0 Å². The van der Waals surface area contributed by atoms with Gasteiger partial charge in [-0.1, -0.05) is 42.5 Å². The second-order valence-electron chi connectivity index (χ2n) is 7.28. The summed E-state index contributed by atoms with van der Waals surface area (Å²) in [7, 11) is 0. The first-order valence-electron chi connectivity index (χ1n) is 10.3. The highest BCUT2D eigenvalue weighted by molar-refractivity contribution is 5.86. The van der Waals surface area contributed by atoms with Crippen molar-refractivity contribution in [2.24, 2.45) is 0 Å². The van der Waals surface area contributed by atoms with Gasteiger partial charge in [0.25, 0.3) is 0 Å². The van der Waals surface area contributed by atoms with Gasteiger partial charge in [-0.25, -0.2) is 0 Å². The third-order valence-corrected chi connectivity index (χ3v) is 5.15.